The Labute approximate surface area is 109 Å². The molecule has 1 aromatic carbocycles. The van der Waals surface area contributed by atoms with Gasteiger partial charge in [-0.3, -0.25) is 0 Å². The molecule has 1 rings (SSSR count). The van der Waals surface area contributed by atoms with Gasteiger partial charge in [-0.2, -0.15) is 0 Å². The second kappa shape index (κ2) is 8.57. The molecule has 0 aromatic heterocycles. The number of aliphatic hydroxyl groups excluding tert-OH is 1. The van der Waals surface area contributed by atoms with Crippen molar-refractivity contribution >= 4 is 0 Å². The van der Waals surface area contributed by atoms with Crippen LogP contribution >= 0.6 is 0 Å². The number of aliphatic hydroxyl groups is 1. The highest BCUT2D eigenvalue weighted by atomic mass is 16.5. The number of hydrogen-bond donors (Lipinski definition) is 2. The van der Waals surface area contributed by atoms with Crippen LogP contribution in [0.1, 0.15) is 25.3 Å². The molecule has 1 atom stereocenters. The van der Waals surface area contributed by atoms with Crippen LogP contribution in [0, 0.1) is 12.3 Å². The Morgan fingerprint density at radius 2 is 2.11 bits per heavy atom. The van der Waals surface area contributed by atoms with Gasteiger partial charge in [0.2, 0.25) is 0 Å². The maximum Gasteiger partial charge on any atom is 0.119 e. The Hall–Kier alpha value is -1.50. The molecule has 0 fully saturated rings. The molecule has 3 nitrogen and oxygen atoms in total. The predicted molar refractivity (Wildman–Crippen MR) is 73.4 cm³/mol. The summed E-state index contributed by atoms with van der Waals surface area (Å²) in [5, 5.41) is 12.4. The van der Waals surface area contributed by atoms with E-state index < -0.39 is 0 Å². The normalized spacial score (nSPS) is 11.8. The first-order valence-electron chi connectivity index (χ1n) is 6.29. The summed E-state index contributed by atoms with van der Waals surface area (Å²) < 4.78 is 5.47. The van der Waals surface area contributed by atoms with Crippen LogP contribution in [0.15, 0.2) is 24.3 Å². The van der Waals surface area contributed by atoms with Gasteiger partial charge in [0, 0.05) is 19.0 Å². The number of terminal acetylenes is 1. The predicted octanol–water partition coefficient (Wildman–Crippen LogP) is 1.95. The molecule has 0 saturated carbocycles. The van der Waals surface area contributed by atoms with Crippen molar-refractivity contribution in [1.29, 1.82) is 0 Å². The van der Waals surface area contributed by atoms with Gasteiger partial charge in [0.25, 0.3) is 0 Å². The fourth-order valence-electron chi connectivity index (χ4n) is 1.53. The summed E-state index contributed by atoms with van der Waals surface area (Å²) in [7, 11) is 0. The van der Waals surface area contributed by atoms with Crippen molar-refractivity contribution in [3.05, 3.63) is 29.8 Å². The zero-order valence-corrected chi connectivity index (χ0v) is 10.9. The highest BCUT2D eigenvalue weighted by Gasteiger charge is 2.03. The first-order chi connectivity index (χ1) is 8.80. The van der Waals surface area contributed by atoms with E-state index in [9.17, 15) is 0 Å². The summed E-state index contributed by atoms with van der Waals surface area (Å²) in [6, 6.07) is 8.07. The van der Waals surface area contributed by atoms with Crippen molar-refractivity contribution < 1.29 is 9.84 Å². The first-order valence-corrected chi connectivity index (χ1v) is 6.29. The molecule has 0 bridgehead atoms. The lowest BCUT2D eigenvalue weighted by Crippen LogP contribution is -2.31. The molecular formula is C15H21NO2. The van der Waals surface area contributed by atoms with Gasteiger partial charge in [0.15, 0.2) is 0 Å². The maximum absolute atomic E-state index is 9.07. The van der Waals surface area contributed by atoms with E-state index in [0.29, 0.717) is 13.0 Å². The quantitative estimate of drug-likeness (QED) is 0.545. The molecular weight excluding hydrogens is 226 g/mol. The minimum Gasteiger partial charge on any atom is -0.493 e. The van der Waals surface area contributed by atoms with Crippen molar-refractivity contribution in [3.8, 4) is 18.1 Å². The Morgan fingerprint density at radius 1 is 1.39 bits per heavy atom. The third-order valence-corrected chi connectivity index (χ3v) is 2.75. The highest BCUT2D eigenvalue weighted by molar-refractivity contribution is 5.27. The van der Waals surface area contributed by atoms with Gasteiger partial charge < -0.3 is 15.2 Å². The van der Waals surface area contributed by atoms with Crippen LogP contribution in [0.25, 0.3) is 0 Å². The molecule has 0 aliphatic carbocycles. The molecule has 0 saturated heterocycles. The van der Waals surface area contributed by atoms with E-state index in [2.05, 4.69) is 18.2 Å². The fourth-order valence-corrected chi connectivity index (χ4v) is 1.53. The molecule has 1 aromatic rings. The molecule has 2 N–H and O–H groups in total. The average molecular weight is 247 g/mol. The van der Waals surface area contributed by atoms with E-state index >= 15 is 0 Å². The van der Waals surface area contributed by atoms with E-state index in [0.717, 1.165) is 18.7 Å². The highest BCUT2D eigenvalue weighted by Crippen LogP contribution is 2.12. The van der Waals surface area contributed by atoms with Crippen LogP contribution < -0.4 is 10.1 Å². The van der Waals surface area contributed by atoms with E-state index in [4.69, 9.17) is 16.3 Å². The van der Waals surface area contributed by atoms with Gasteiger partial charge in [-0.15, -0.1) is 12.3 Å². The fraction of sp³-hybridized carbons (Fsp3) is 0.467. The number of hydrogen-bond acceptors (Lipinski definition) is 3. The Kier molecular flexibility index (Phi) is 6.93. The van der Waals surface area contributed by atoms with Crippen LogP contribution in [-0.2, 0) is 6.54 Å². The second-order valence-corrected chi connectivity index (χ2v) is 4.12. The van der Waals surface area contributed by atoms with Gasteiger partial charge in [-0.25, -0.2) is 0 Å². The number of benzene rings is 1. The zero-order chi connectivity index (χ0) is 13.2. The first kappa shape index (κ1) is 14.6. The summed E-state index contributed by atoms with van der Waals surface area (Å²) in [5.74, 6) is 3.37. The van der Waals surface area contributed by atoms with Crippen molar-refractivity contribution in [1.82, 2.24) is 5.32 Å². The molecule has 0 amide bonds. The SMILES string of the molecule is C#CCCOc1ccc(CNC(CC)CO)cc1. The molecule has 0 aliphatic heterocycles. The molecule has 1 unspecified atom stereocenters. The summed E-state index contributed by atoms with van der Waals surface area (Å²) in [5.41, 5.74) is 1.17. The van der Waals surface area contributed by atoms with E-state index in [1.165, 1.54) is 5.56 Å². The lowest BCUT2D eigenvalue weighted by Gasteiger charge is -2.14. The number of ether oxygens (including phenoxy) is 1. The van der Waals surface area contributed by atoms with Crippen molar-refractivity contribution in [2.24, 2.45) is 0 Å². The third-order valence-electron chi connectivity index (χ3n) is 2.75. The third kappa shape index (κ3) is 5.22. The van der Waals surface area contributed by atoms with Crippen LogP contribution in [0.3, 0.4) is 0 Å². The van der Waals surface area contributed by atoms with Crippen molar-refractivity contribution in [3.63, 3.8) is 0 Å². The van der Waals surface area contributed by atoms with Crippen LogP contribution in [0.2, 0.25) is 0 Å². The summed E-state index contributed by atoms with van der Waals surface area (Å²) >= 11 is 0. The number of rotatable bonds is 8. The minimum absolute atomic E-state index is 0.163. The van der Waals surface area contributed by atoms with Gasteiger partial charge in [0.05, 0.1) is 13.2 Å². The van der Waals surface area contributed by atoms with Crippen LogP contribution in [0.5, 0.6) is 5.75 Å². The Balaban J connectivity index is 2.38. The molecule has 0 radical (unpaired) electrons. The monoisotopic (exact) mass is 247 g/mol. The Bertz CT molecular complexity index is 363. The molecule has 98 valence electrons. The summed E-state index contributed by atoms with van der Waals surface area (Å²) in [6.07, 6.45) is 6.70. The standard InChI is InChI=1S/C15H21NO2/c1-3-5-10-18-15-8-6-13(7-9-15)11-16-14(4-2)12-17/h1,6-9,14,16-17H,4-5,10-12H2,2H3. The topological polar surface area (TPSA) is 41.5 Å². The van der Waals surface area contributed by atoms with Gasteiger partial charge in [0.1, 0.15) is 5.75 Å². The van der Waals surface area contributed by atoms with E-state index in [1.807, 2.05) is 24.3 Å². The molecule has 18 heavy (non-hydrogen) atoms. The molecule has 0 heterocycles. The molecule has 0 aliphatic rings. The van der Waals surface area contributed by atoms with Crippen LogP contribution in [-0.4, -0.2) is 24.4 Å². The maximum atomic E-state index is 9.07. The molecule has 3 heteroatoms. The van der Waals surface area contributed by atoms with Gasteiger partial charge >= 0.3 is 0 Å². The van der Waals surface area contributed by atoms with Crippen LogP contribution in [0.4, 0.5) is 0 Å². The van der Waals surface area contributed by atoms with Crippen molar-refractivity contribution in [2.45, 2.75) is 32.4 Å². The zero-order valence-electron chi connectivity index (χ0n) is 10.9. The number of nitrogens with one attached hydrogen (secondary N) is 1. The molecule has 0 spiro atoms. The van der Waals surface area contributed by atoms with Gasteiger partial charge in [-0.1, -0.05) is 19.1 Å². The van der Waals surface area contributed by atoms with E-state index in [-0.39, 0.29) is 12.6 Å². The average Bonchev–Trinajstić information content (AvgIpc) is 2.42. The summed E-state index contributed by atoms with van der Waals surface area (Å²) in [4.78, 5) is 0. The van der Waals surface area contributed by atoms with E-state index in [1.54, 1.807) is 0 Å². The van der Waals surface area contributed by atoms with Gasteiger partial charge in [-0.05, 0) is 24.1 Å². The largest absolute Gasteiger partial charge is 0.493 e. The smallest absolute Gasteiger partial charge is 0.119 e. The summed E-state index contributed by atoms with van der Waals surface area (Å²) in [6.45, 7) is 3.53. The Morgan fingerprint density at radius 3 is 2.67 bits per heavy atom. The second-order valence-electron chi connectivity index (χ2n) is 4.12. The minimum atomic E-state index is 0.163. The lowest BCUT2D eigenvalue weighted by molar-refractivity contribution is 0.238. The van der Waals surface area contributed by atoms with Crippen molar-refractivity contribution in [2.75, 3.05) is 13.2 Å². The lowest BCUT2D eigenvalue weighted by atomic mass is 10.2.